The fraction of sp³-hybridized carbons (Fsp3) is 0.182. The van der Waals surface area contributed by atoms with Crippen LogP contribution in [-0.4, -0.2) is 15.1 Å². The summed E-state index contributed by atoms with van der Waals surface area (Å²) in [5.41, 5.74) is 0.538. The minimum atomic E-state index is -0.343. The van der Waals surface area contributed by atoms with E-state index in [4.69, 9.17) is 4.74 Å². The SMILES string of the molecule is Cn1cccc1OC(=O)c1cccn1C. The maximum absolute atomic E-state index is 11.7. The first-order chi connectivity index (χ1) is 7.18. The Balaban J connectivity index is 2.18. The molecule has 4 nitrogen and oxygen atoms in total. The molecule has 0 unspecified atom stereocenters. The standard InChI is InChI=1S/C11H12N2O2/c1-12-7-3-5-9(12)11(14)15-10-6-4-8-13(10)2/h3-8H,1-2H3. The van der Waals surface area contributed by atoms with Gasteiger partial charge in [0.2, 0.25) is 5.88 Å². The van der Waals surface area contributed by atoms with Crippen LogP contribution in [0, 0.1) is 0 Å². The summed E-state index contributed by atoms with van der Waals surface area (Å²) in [5, 5.41) is 0. The summed E-state index contributed by atoms with van der Waals surface area (Å²) in [5.74, 6) is 0.200. The summed E-state index contributed by atoms with van der Waals surface area (Å²) < 4.78 is 8.69. The van der Waals surface area contributed by atoms with Gasteiger partial charge >= 0.3 is 5.97 Å². The molecular formula is C11H12N2O2. The Morgan fingerprint density at radius 2 is 1.80 bits per heavy atom. The minimum absolute atomic E-state index is 0.343. The van der Waals surface area contributed by atoms with Crippen LogP contribution in [0.4, 0.5) is 0 Å². The first-order valence-electron chi connectivity index (χ1n) is 4.63. The topological polar surface area (TPSA) is 36.2 Å². The Kier molecular flexibility index (Phi) is 2.33. The fourth-order valence-corrected chi connectivity index (χ4v) is 1.37. The third kappa shape index (κ3) is 1.79. The van der Waals surface area contributed by atoms with Crippen LogP contribution in [0.15, 0.2) is 36.7 Å². The quantitative estimate of drug-likeness (QED) is 0.696. The lowest BCUT2D eigenvalue weighted by Crippen LogP contribution is -2.13. The van der Waals surface area contributed by atoms with Crippen molar-refractivity contribution in [3.63, 3.8) is 0 Å². The summed E-state index contributed by atoms with van der Waals surface area (Å²) in [6.45, 7) is 0. The largest absolute Gasteiger partial charge is 0.405 e. The second-order valence-electron chi connectivity index (χ2n) is 3.35. The van der Waals surface area contributed by atoms with Crippen molar-refractivity contribution >= 4 is 5.97 Å². The van der Waals surface area contributed by atoms with Crippen molar-refractivity contribution in [2.75, 3.05) is 0 Å². The summed E-state index contributed by atoms with van der Waals surface area (Å²) in [6.07, 6.45) is 3.63. The molecule has 0 bridgehead atoms. The Hall–Kier alpha value is -1.97. The van der Waals surface area contributed by atoms with Crippen LogP contribution in [0.2, 0.25) is 0 Å². The van der Waals surface area contributed by atoms with Gasteiger partial charge in [-0.15, -0.1) is 0 Å². The zero-order valence-corrected chi connectivity index (χ0v) is 8.68. The van der Waals surface area contributed by atoms with Crippen molar-refractivity contribution in [3.8, 4) is 5.88 Å². The van der Waals surface area contributed by atoms with Crippen molar-refractivity contribution < 1.29 is 9.53 Å². The maximum atomic E-state index is 11.7. The molecule has 2 aromatic heterocycles. The Labute approximate surface area is 87.7 Å². The molecule has 2 rings (SSSR count). The highest BCUT2D eigenvalue weighted by Gasteiger charge is 2.12. The molecule has 0 saturated heterocycles. The number of rotatable bonds is 2. The number of nitrogens with zero attached hydrogens (tertiary/aromatic N) is 2. The Morgan fingerprint density at radius 1 is 1.13 bits per heavy atom. The number of hydrogen-bond donors (Lipinski definition) is 0. The number of hydrogen-bond acceptors (Lipinski definition) is 2. The van der Waals surface area contributed by atoms with Gasteiger partial charge in [-0.1, -0.05) is 0 Å². The van der Waals surface area contributed by atoms with Crippen LogP contribution >= 0.6 is 0 Å². The van der Waals surface area contributed by atoms with E-state index in [1.54, 1.807) is 21.3 Å². The second kappa shape index (κ2) is 3.65. The van der Waals surface area contributed by atoms with Gasteiger partial charge in [-0.05, 0) is 18.2 Å². The highest BCUT2D eigenvalue weighted by molar-refractivity contribution is 5.89. The summed E-state index contributed by atoms with van der Waals surface area (Å²) >= 11 is 0. The average Bonchev–Trinajstić information content (AvgIpc) is 2.76. The Morgan fingerprint density at radius 3 is 2.33 bits per heavy atom. The van der Waals surface area contributed by atoms with Crippen molar-refractivity contribution in [2.45, 2.75) is 0 Å². The van der Waals surface area contributed by atoms with E-state index in [9.17, 15) is 4.79 Å². The van der Waals surface area contributed by atoms with Gasteiger partial charge in [0.1, 0.15) is 5.69 Å². The van der Waals surface area contributed by atoms with Crippen molar-refractivity contribution in [2.24, 2.45) is 14.1 Å². The first-order valence-corrected chi connectivity index (χ1v) is 4.63. The second-order valence-corrected chi connectivity index (χ2v) is 3.35. The Bertz CT molecular complexity index is 482. The molecule has 0 saturated carbocycles. The van der Waals surface area contributed by atoms with Gasteiger partial charge in [-0.2, -0.15) is 0 Å². The lowest BCUT2D eigenvalue weighted by Gasteiger charge is -2.05. The zero-order chi connectivity index (χ0) is 10.8. The predicted molar refractivity (Wildman–Crippen MR) is 55.8 cm³/mol. The fourth-order valence-electron chi connectivity index (χ4n) is 1.37. The molecule has 0 aliphatic carbocycles. The predicted octanol–water partition coefficient (Wildman–Crippen LogP) is 1.58. The van der Waals surface area contributed by atoms with Gasteiger partial charge in [0.15, 0.2) is 0 Å². The lowest BCUT2D eigenvalue weighted by atomic mass is 10.4. The van der Waals surface area contributed by atoms with E-state index in [-0.39, 0.29) is 5.97 Å². The van der Waals surface area contributed by atoms with E-state index in [0.29, 0.717) is 11.6 Å². The zero-order valence-electron chi connectivity index (χ0n) is 8.68. The summed E-state index contributed by atoms with van der Waals surface area (Å²) in [6, 6.07) is 7.11. The highest BCUT2D eigenvalue weighted by Crippen LogP contribution is 2.12. The molecule has 0 fully saturated rings. The van der Waals surface area contributed by atoms with Gasteiger partial charge in [0.25, 0.3) is 0 Å². The van der Waals surface area contributed by atoms with Crippen molar-refractivity contribution in [3.05, 3.63) is 42.4 Å². The van der Waals surface area contributed by atoms with Gasteiger partial charge in [0, 0.05) is 32.6 Å². The van der Waals surface area contributed by atoms with E-state index in [1.165, 1.54) is 0 Å². The number of aromatic nitrogens is 2. The van der Waals surface area contributed by atoms with Crippen LogP contribution in [0.5, 0.6) is 5.88 Å². The normalized spacial score (nSPS) is 10.3. The van der Waals surface area contributed by atoms with Crippen LogP contribution in [0.25, 0.3) is 0 Å². The number of esters is 1. The third-order valence-electron chi connectivity index (χ3n) is 2.25. The maximum Gasteiger partial charge on any atom is 0.361 e. The van der Waals surface area contributed by atoms with Gasteiger partial charge in [-0.25, -0.2) is 4.79 Å². The minimum Gasteiger partial charge on any atom is -0.405 e. The number of ether oxygens (including phenoxy) is 1. The van der Waals surface area contributed by atoms with E-state index < -0.39 is 0 Å². The molecule has 2 heterocycles. The summed E-state index contributed by atoms with van der Waals surface area (Å²) in [4.78, 5) is 11.7. The average molecular weight is 204 g/mol. The molecule has 0 N–H and O–H groups in total. The van der Waals surface area contributed by atoms with Gasteiger partial charge < -0.3 is 13.9 Å². The number of carbonyl (C=O) groups is 1. The van der Waals surface area contributed by atoms with Gasteiger partial charge in [-0.3, -0.25) is 0 Å². The number of carbonyl (C=O) groups excluding carboxylic acids is 1. The van der Waals surface area contributed by atoms with E-state index in [2.05, 4.69) is 0 Å². The molecule has 2 aromatic rings. The van der Waals surface area contributed by atoms with E-state index >= 15 is 0 Å². The molecule has 0 spiro atoms. The molecule has 0 amide bonds. The van der Waals surface area contributed by atoms with Gasteiger partial charge in [0.05, 0.1) is 0 Å². The molecule has 15 heavy (non-hydrogen) atoms. The lowest BCUT2D eigenvalue weighted by molar-refractivity contribution is 0.0712. The molecule has 0 atom stereocenters. The van der Waals surface area contributed by atoms with Crippen LogP contribution in [0.1, 0.15) is 10.5 Å². The smallest absolute Gasteiger partial charge is 0.361 e. The van der Waals surface area contributed by atoms with Crippen molar-refractivity contribution in [1.29, 1.82) is 0 Å². The molecular weight excluding hydrogens is 192 g/mol. The molecule has 0 aliphatic rings. The highest BCUT2D eigenvalue weighted by atomic mass is 16.5. The summed E-state index contributed by atoms with van der Waals surface area (Å²) in [7, 11) is 3.63. The van der Waals surface area contributed by atoms with Crippen LogP contribution < -0.4 is 4.74 Å². The molecule has 78 valence electrons. The first kappa shape index (κ1) is 9.58. The van der Waals surface area contributed by atoms with E-state index in [1.807, 2.05) is 38.6 Å². The molecule has 0 aromatic carbocycles. The van der Waals surface area contributed by atoms with Crippen LogP contribution in [-0.2, 0) is 14.1 Å². The monoisotopic (exact) mass is 204 g/mol. The van der Waals surface area contributed by atoms with Crippen LogP contribution in [0.3, 0.4) is 0 Å². The van der Waals surface area contributed by atoms with Crippen molar-refractivity contribution in [1.82, 2.24) is 9.13 Å². The number of aryl methyl sites for hydroxylation is 2. The third-order valence-corrected chi connectivity index (χ3v) is 2.25. The van der Waals surface area contributed by atoms with E-state index in [0.717, 1.165) is 0 Å². The molecule has 0 aliphatic heterocycles. The molecule has 0 radical (unpaired) electrons. The molecule has 4 heteroatoms.